The minimum atomic E-state index is 0.0375. The fourth-order valence-electron chi connectivity index (χ4n) is 3.24. The zero-order chi connectivity index (χ0) is 17.6. The maximum atomic E-state index is 12.3. The van der Waals surface area contributed by atoms with Crippen molar-refractivity contribution < 1.29 is 14.8 Å². The topological polar surface area (TPSA) is 54.9 Å². The number of hydrogen-bond acceptors (Lipinski definition) is 3. The van der Waals surface area contributed by atoms with Gasteiger partial charge in [0.15, 0.2) is 0 Å². The number of methoxy groups -OCH3 is 1. The third kappa shape index (κ3) is 4.77. The molecule has 0 saturated carbocycles. The van der Waals surface area contributed by atoms with E-state index in [0.717, 1.165) is 23.6 Å². The van der Waals surface area contributed by atoms with Crippen molar-refractivity contribution in [3.05, 3.63) is 54.1 Å². The van der Waals surface area contributed by atoms with Gasteiger partial charge in [0.2, 0.25) is 5.91 Å². The molecule has 1 aliphatic heterocycles. The Labute approximate surface area is 153 Å². The SMILES string of the molecule is COc1cccc(NC(=O)C[C@@H](C)[NH2+][C@@H]2CCSc3ccccc32)c1. The van der Waals surface area contributed by atoms with E-state index in [1.54, 1.807) is 7.11 Å². The van der Waals surface area contributed by atoms with Gasteiger partial charge < -0.3 is 15.4 Å². The second-order valence-corrected chi connectivity index (χ2v) is 7.57. The van der Waals surface area contributed by atoms with Gasteiger partial charge in [0.05, 0.1) is 19.6 Å². The Morgan fingerprint density at radius 1 is 1.32 bits per heavy atom. The summed E-state index contributed by atoms with van der Waals surface area (Å²) in [5, 5.41) is 5.30. The van der Waals surface area contributed by atoms with E-state index in [0.29, 0.717) is 12.5 Å². The van der Waals surface area contributed by atoms with E-state index < -0.39 is 0 Å². The van der Waals surface area contributed by atoms with Gasteiger partial charge in [-0.05, 0) is 25.1 Å². The zero-order valence-corrected chi connectivity index (χ0v) is 15.5. The molecular weight excluding hydrogens is 332 g/mol. The van der Waals surface area contributed by atoms with Gasteiger partial charge in [-0.15, -0.1) is 11.8 Å². The molecule has 1 heterocycles. The Bertz CT molecular complexity index is 735. The zero-order valence-electron chi connectivity index (χ0n) is 14.7. The summed E-state index contributed by atoms with van der Waals surface area (Å²) >= 11 is 1.93. The highest BCUT2D eigenvalue weighted by Gasteiger charge is 2.25. The summed E-state index contributed by atoms with van der Waals surface area (Å²) in [6.07, 6.45) is 1.63. The van der Waals surface area contributed by atoms with Gasteiger partial charge in [-0.1, -0.05) is 24.3 Å². The Morgan fingerprint density at radius 2 is 2.16 bits per heavy atom. The first kappa shape index (κ1) is 17.8. The second kappa shape index (κ2) is 8.41. The van der Waals surface area contributed by atoms with E-state index in [9.17, 15) is 4.79 Å². The molecule has 4 nitrogen and oxygen atoms in total. The van der Waals surface area contributed by atoms with Gasteiger partial charge in [-0.3, -0.25) is 4.79 Å². The molecule has 0 saturated heterocycles. The number of nitrogens with one attached hydrogen (secondary N) is 1. The van der Waals surface area contributed by atoms with Crippen LogP contribution in [-0.2, 0) is 4.79 Å². The lowest BCUT2D eigenvalue weighted by molar-refractivity contribution is -0.724. The average Bonchev–Trinajstić information content (AvgIpc) is 2.62. The number of amides is 1. The van der Waals surface area contributed by atoms with E-state index in [1.165, 1.54) is 10.5 Å². The Kier molecular flexibility index (Phi) is 6.00. The predicted molar refractivity (Wildman–Crippen MR) is 102 cm³/mol. The standard InChI is InChI=1S/C20H24N2O2S/c1-14(12-20(23)22-15-6-5-7-16(13-15)24-2)21-18-10-11-25-19-9-4-3-8-17(18)19/h3-9,13-14,18,21H,10-12H2,1-2H3,(H,22,23)/p+1/t14-,18-/m1/s1. The minimum absolute atomic E-state index is 0.0375. The maximum absolute atomic E-state index is 12.3. The first-order valence-electron chi connectivity index (χ1n) is 8.66. The number of fused-ring (bicyclic) bond motifs is 1. The Morgan fingerprint density at radius 3 is 3.00 bits per heavy atom. The number of carbonyl (C=O) groups is 1. The average molecular weight is 357 g/mol. The first-order chi connectivity index (χ1) is 12.2. The molecule has 1 amide bonds. The van der Waals surface area contributed by atoms with Gasteiger partial charge in [-0.2, -0.15) is 0 Å². The Hall–Kier alpha value is -1.98. The fraction of sp³-hybridized carbons (Fsp3) is 0.350. The Balaban J connectivity index is 1.56. The summed E-state index contributed by atoms with van der Waals surface area (Å²) in [5.41, 5.74) is 2.18. The van der Waals surface area contributed by atoms with Crippen molar-refractivity contribution in [2.45, 2.75) is 36.7 Å². The van der Waals surface area contributed by atoms with E-state index in [4.69, 9.17) is 4.74 Å². The molecule has 3 rings (SSSR count). The van der Waals surface area contributed by atoms with Crippen molar-refractivity contribution in [1.29, 1.82) is 0 Å². The van der Waals surface area contributed by atoms with Gasteiger partial charge in [-0.25, -0.2) is 0 Å². The van der Waals surface area contributed by atoms with E-state index in [2.05, 4.69) is 41.8 Å². The summed E-state index contributed by atoms with van der Waals surface area (Å²) in [5.74, 6) is 1.92. The molecule has 0 radical (unpaired) electrons. The lowest BCUT2D eigenvalue weighted by atomic mass is 10.0. The van der Waals surface area contributed by atoms with Crippen LogP contribution in [0.1, 0.15) is 31.4 Å². The number of anilines is 1. The molecule has 0 aliphatic carbocycles. The van der Waals surface area contributed by atoms with E-state index >= 15 is 0 Å². The largest absolute Gasteiger partial charge is 0.497 e. The minimum Gasteiger partial charge on any atom is -0.497 e. The lowest BCUT2D eigenvalue weighted by Crippen LogP contribution is -2.90. The lowest BCUT2D eigenvalue weighted by Gasteiger charge is -2.25. The number of carbonyl (C=O) groups excluding carboxylic acids is 1. The molecule has 0 unspecified atom stereocenters. The smallest absolute Gasteiger partial charge is 0.230 e. The number of ether oxygens (including phenoxy) is 1. The van der Waals surface area contributed by atoms with Gasteiger partial charge in [0.25, 0.3) is 0 Å². The number of nitrogens with two attached hydrogens (primary N) is 1. The van der Waals surface area contributed by atoms with E-state index in [-0.39, 0.29) is 11.9 Å². The van der Waals surface area contributed by atoms with Crippen molar-refractivity contribution in [2.24, 2.45) is 0 Å². The van der Waals surface area contributed by atoms with Crippen LogP contribution < -0.4 is 15.4 Å². The molecule has 0 bridgehead atoms. The van der Waals surface area contributed by atoms with Crippen LogP contribution in [0.3, 0.4) is 0 Å². The monoisotopic (exact) mass is 357 g/mol. The molecule has 3 N–H and O–H groups in total. The summed E-state index contributed by atoms with van der Waals surface area (Å²) in [6.45, 7) is 2.12. The molecule has 25 heavy (non-hydrogen) atoms. The van der Waals surface area contributed by atoms with Crippen LogP contribution >= 0.6 is 11.8 Å². The summed E-state index contributed by atoms with van der Waals surface area (Å²) < 4.78 is 5.19. The van der Waals surface area contributed by atoms with Crippen LogP contribution in [0.25, 0.3) is 0 Å². The highest BCUT2D eigenvalue weighted by molar-refractivity contribution is 7.99. The first-order valence-corrected chi connectivity index (χ1v) is 9.65. The quantitative estimate of drug-likeness (QED) is 0.835. The number of quaternary nitrogens is 1. The molecule has 0 aromatic heterocycles. The number of thioether (sulfide) groups is 1. The predicted octanol–water partition coefficient (Wildman–Crippen LogP) is 3.21. The van der Waals surface area contributed by atoms with Crippen LogP contribution in [-0.4, -0.2) is 24.8 Å². The number of hydrogen-bond donors (Lipinski definition) is 2. The molecule has 2 aromatic carbocycles. The van der Waals surface area contributed by atoms with Crippen molar-refractivity contribution in [1.82, 2.24) is 0 Å². The summed E-state index contributed by atoms with van der Waals surface area (Å²) in [7, 11) is 1.62. The molecule has 1 aliphatic rings. The number of benzene rings is 2. The van der Waals surface area contributed by atoms with Gasteiger partial charge >= 0.3 is 0 Å². The van der Waals surface area contributed by atoms with Crippen molar-refractivity contribution in [3.63, 3.8) is 0 Å². The molecular formula is C20H25N2O2S+. The van der Waals surface area contributed by atoms with Crippen LogP contribution in [0.5, 0.6) is 5.75 Å². The molecule has 0 fully saturated rings. The van der Waals surface area contributed by atoms with Crippen LogP contribution in [0, 0.1) is 0 Å². The molecule has 132 valence electrons. The molecule has 2 atom stereocenters. The van der Waals surface area contributed by atoms with Crippen molar-refractivity contribution >= 4 is 23.4 Å². The molecule has 5 heteroatoms. The highest BCUT2D eigenvalue weighted by atomic mass is 32.2. The molecule has 0 spiro atoms. The summed E-state index contributed by atoms with van der Waals surface area (Å²) in [6, 6.07) is 16.7. The van der Waals surface area contributed by atoms with Gasteiger partial charge in [0.1, 0.15) is 11.8 Å². The third-order valence-electron chi connectivity index (χ3n) is 4.43. The van der Waals surface area contributed by atoms with Crippen molar-refractivity contribution in [2.75, 3.05) is 18.2 Å². The van der Waals surface area contributed by atoms with Crippen LogP contribution in [0.2, 0.25) is 0 Å². The van der Waals surface area contributed by atoms with Gasteiger partial charge in [0, 0.05) is 34.4 Å². The highest BCUT2D eigenvalue weighted by Crippen LogP contribution is 2.33. The van der Waals surface area contributed by atoms with Crippen molar-refractivity contribution in [3.8, 4) is 5.75 Å². The fourth-order valence-corrected chi connectivity index (χ4v) is 4.39. The third-order valence-corrected chi connectivity index (χ3v) is 5.55. The second-order valence-electron chi connectivity index (χ2n) is 6.44. The van der Waals surface area contributed by atoms with Crippen LogP contribution in [0.4, 0.5) is 5.69 Å². The normalized spacial score (nSPS) is 17.4. The summed E-state index contributed by atoms with van der Waals surface area (Å²) in [4.78, 5) is 13.7. The van der Waals surface area contributed by atoms with Crippen LogP contribution in [0.15, 0.2) is 53.4 Å². The maximum Gasteiger partial charge on any atom is 0.230 e. The van der Waals surface area contributed by atoms with E-state index in [1.807, 2.05) is 36.0 Å². The number of rotatable bonds is 6. The molecule has 2 aromatic rings.